The Kier molecular flexibility index (Phi) is 23.4. The van der Waals surface area contributed by atoms with Crippen molar-refractivity contribution in [2.45, 2.75) is 82.4 Å². The summed E-state index contributed by atoms with van der Waals surface area (Å²) in [5.74, 6) is -3.07. The molecule has 0 saturated carbocycles. The molecule has 3 heterocycles. The number of benzene rings is 4. The van der Waals surface area contributed by atoms with E-state index in [0.29, 0.717) is 30.1 Å². The number of hydrogen-bond acceptors (Lipinski definition) is 24. The van der Waals surface area contributed by atoms with E-state index in [-0.39, 0.29) is 155 Å². The molecule has 0 saturated heterocycles. The zero-order valence-corrected chi connectivity index (χ0v) is 55.8. The fourth-order valence-electron chi connectivity index (χ4n) is 12.1. The molecule has 520 valence electrons. The van der Waals surface area contributed by atoms with Crippen LogP contribution in [0.1, 0.15) is 57.1 Å². The summed E-state index contributed by atoms with van der Waals surface area (Å²) < 4.78 is 221. The Morgan fingerprint density at radius 3 is 1.55 bits per heavy atom. The summed E-state index contributed by atoms with van der Waals surface area (Å²) >= 11 is 0. The van der Waals surface area contributed by atoms with E-state index >= 15 is 9.59 Å². The van der Waals surface area contributed by atoms with Crippen molar-refractivity contribution in [3.05, 3.63) is 103 Å². The Bertz CT molecular complexity index is 4690. The van der Waals surface area contributed by atoms with E-state index in [0.717, 1.165) is 24.3 Å². The fourth-order valence-corrected chi connectivity index (χ4v) is 15.3. The van der Waals surface area contributed by atoms with Gasteiger partial charge >= 0.3 is 5.97 Å². The molecule has 2 aliphatic heterocycles. The number of hydrogen-bond donors (Lipinski definition) is 7. The number of carbonyl (C=O) groups is 1. The molecule has 1 aromatic heterocycles. The van der Waals surface area contributed by atoms with Crippen LogP contribution in [-0.4, -0.2) is 214 Å². The maximum atomic E-state index is 15.2. The number of nitrogens with zero attached hydrogens (tertiary/aromatic N) is 3. The highest BCUT2D eigenvalue weighted by molar-refractivity contribution is 7.87. The van der Waals surface area contributed by atoms with Gasteiger partial charge in [-0.15, -0.1) is 4.73 Å². The van der Waals surface area contributed by atoms with Gasteiger partial charge in [0.25, 0.3) is 50.6 Å². The number of anilines is 1. The molecule has 2 aliphatic rings. The van der Waals surface area contributed by atoms with Crippen LogP contribution in [0.25, 0.3) is 33.7 Å². The molecule has 95 heavy (non-hydrogen) atoms. The molecule has 0 bridgehead atoms. The van der Waals surface area contributed by atoms with Crippen molar-refractivity contribution in [1.82, 2.24) is 4.73 Å². The highest BCUT2D eigenvalue weighted by Crippen LogP contribution is 2.53. The molecule has 6 aromatic rings. The molecule has 5 aromatic carbocycles. The summed E-state index contributed by atoms with van der Waals surface area (Å²) in [6.45, 7) is 4.36. The van der Waals surface area contributed by atoms with E-state index in [1.54, 1.807) is 23.3 Å². The van der Waals surface area contributed by atoms with Crippen LogP contribution in [0.4, 0.5) is 11.4 Å². The summed E-state index contributed by atoms with van der Waals surface area (Å²) in [4.78, 5) is 46.7. The Morgan fingerprint density at radius 1 is 0.568 bits per heavy atom. The van der Waals surface area contributed by atoms with E-state index in [4.69, 9.17) is 38.0 Å². The second-order valence-corrected chi connectivity index (χ2v) is 29.9. The first-order valence-corrected chi connectivity index (χ1v) is 36.6. The van der Waals surface area contributed by atoms with Crippen molar-refractivity contribution >= 4 is 107 Å². The lowest BCUT2D eigenvalue weighted by atomic mass is 9.73. The fraction of sp³-hybridized carbons (Fsp3) is 0.458. The number of ether oxygens (including phenoxy) is 7. The average molecular weight is 1430 g/mol. The Hall–Kier alpha value is -6.69. The van der Waals surface area contributed by atoms with Gasteiger partial charge in [0, 0.05) is 85.5 Å². The third kappa shape index (κ3) is 16.8. The summed E-state index contributed by atoms with van der Waals surface area (Å²) in [5, 5.41) is 18.6. The van der Waals surface area contributed by atoms with Gasteiger partial charge in [-0.3, -0.25) is 32.4 Å². The third-order valence-corrected chi connectivity index (χ3v) is 20.7. The van der Waals surface area contributed by atoms with E-state index in [2.05, 4.69) is 0 Å². The largest absolute Gasteiger partial charge is 0.492 e. The minimum atomic E-state index is -5.28. The molecule has 8 rings (SSSR count). The van der Waals surface area contributed by atoms with Gasteiger partial charge in [0.2, 0.25) is 28.3 Å². The summed E-state index contributed by atoms with van der Waals surface area (Å²) in [6.07, 6.45) is 1.19. The molecular formula is C59H72N3O28S5+. The molecule has 36 heteroatoms. The van der Waals surface area contributed by atoms with Gasteiger partial charge in [-0.05, 0) is 85.0 Å². The number of aromatic hydroxyl groups is 2. The standard InChI is InChI=1S/C59H71N3O28S5/c1-58(14-6-30-91(68,69)70)49(61(17-19-86-25-27-87-22-20-83-3)46-11-9-39-41(54(46)58)31-37(92(71,72)73)33-47(39)94(77,78)79)35-43-56(66)44(57(43)67)36-50-59(2,15-18-85-24-26-89-29-28-88-23-21-84-4)55-42-32-38(93(74,75)76)34-48(95(80,81)82)40(42)8-10-45(55)60(50)16-5-7-53(65)90-62-51(63)12-13-52(62)64/h8-13,31-36,49H,5-7,14-30H2,1-4H3,(H6,66,67,68,69,70,71,72,73,74,75,76,77,78,79,80,81,82)/p+1. The van der Waals surface area contributed by atoms with Gasteiger partial charge in [-0.1, -0.05) is 13.0 Å². The molecular weight excluding hydrogens is 1360 g/mol. The van der Waals surface area contributed by atoms with Crippen LogP contribution in [0.3, 0.4) is 0 Å². The molecule has 0 spiro atoms. The third-order valence-electron chi connectivity index (χ3n) is 16.5. The van der Waals surface area contributed by atoms with Crippen molar-refractivity contribution in [2.24, 2.45) is 0 Å². The molecule has 31 nitrogen and oxygen atoms in total. The first kappa shape index (κ1) is 74.1. The Morgan fingerprint density at radius 2 is 1.05 bits per heavy atom. The lowest BCUT2D eigenvalue weighted by molar-refractivity contribution is -0.437. The molecule has 0 radical (unpaired) electrons. The highest BCUT2D eigenvalue weighted by atomic mass is 32.2. The number of carbonyl (C=O) groups excluding carboxylic acids is 1. The lowest BCUT2D eigenvalue weighted by Crippen LogP contribution is -2.66. The van der Waals surface area contributed by atoms with Crippen LogP contribution >= 0.6 is 0 Å². The van der Waals surface area contributed by atoms with Crippen molar-refractivity contribution in [2.75, 3.05) is 117 Å². The minimum absolute atomic E-state index is 0.0123. The van der Waals surface area contributed by atoms with Crippen LogP contribution in [0.15, 0.2) is 89.8 Å². The normalized spacial score (nSPS) is 17.7. The van der Waals surface area contributed by atoms with E-state index in [1.807, 2.05) is 0 Å². The smallest absolute Gasteiger partial charge is 0.333 e. The van der Waals surface area contributed by atoms with Crippen molar-refractivity contribution < 1.29 is 122 Å². The molecule has 0 amide bonds. The van der Waals surface area contributed by atoms with E-state index in [1.165, 1.54) is 50.6 Å². The first-order valence-electron chi connectivity index (χ1n) is 29.3. The summed E-state index contributed by atoms with van der Waals surface area (Å²) in [5.41, 5.74) is -4.36. The SMILES string of the molecule is COCCOCCOCCOCCC1(C)C(C=c2c(=O)c(=CC3N(CCOCCOCCOC)c4ccc5c(S(=O)(=O)O)cc(S(=O)(=O)O)cc5c4C3(C)CCCS(=O)(=O)O)c2=O)=[N+](CCCC(=O)On2c(O)ccc2O)c2ccc3c(S(=O)(=O)O)cc(S(=O)(=O)O)cc3c21. The van der Waals surface area contributed by atoms with Crippen molar-refractivity contribution in [3.63, 3.8) is 0 Å². The van der Waals surface area contributed by atoms with Gasteiger partial charge in [-0.25, -0.2) is 4.79 Å². The molecule has 3 unspecified atom stereocenters. The van der Waals surface area contributed by atoms with E-state index < -0.39 is 138 Å². The Balaban J connectivity index is 1.33. The monoisotopic (exact) mass is 1430 g/mol. The van der Waals surface area contributed by atoms with Gasteiger partial charge in [0.1, 0.15) is 16.3 Å². The quantitative estimate of drug-likeness (QED) is 0.0166. The van der Waals surface area contributed by atoms with Gasteiger partial charge in [0.05, 0.1) is 117 Å². The maximum Gasteiger partial charge on any atom is 0.333 e. The van der Waals surface area contributed by atoms with Gasteiger partial charge in [-0.2, -0.15) is 46.7 Å². The van der Waals surface area contributed by atoms with Crippen LogP contribution in [-0.2, 0) is 99.4 Å². The van der Waals surface area contributed by atoms with Crippen LogP contribution in [0.5, 0.6) is 11.8 Å². The van der Waals surface area contributed by atoms with Gasteiger partial charge < -0.3 is 53.1 Å². The zero-order chi connectivity index (χ0) is 69.6. The first-order chi connectivity index (χ1) is 44.6. The minimum Gasteiger partial charge on any atom is -0.492 e. The second kappa shape index (κ2) is 30.0. The zero-order valence-electron chi connectivity index (χ0n) is 51.7. The van der Waals surface area contributed by atoms with Crippen molar-refractivity contribution in [1.29, 1.82) is 0 Å². The number of rotatable bonds is 36. The topological polar surface area (TPSA) is 449 Å². The summed E-state index contributed by atoms with van der Waals surface area (Å²) in [7, 11) is -22.7. The maximum absolute atomic E-state index is 15.2. The number of aromatic nitrogens is 1. The summed E-state index contributed by atoms with van der Waals surface area (Å²) in [6, 6.07) is 9.18. The number of methoxy groups -OCH3 is 2. The predicted octanol–water partition coefficient (Wildman–Crippen LogP) is 1.42. The molecule has 3 atom stereocenters. The molecule has 0 fully saturated rings. The Labute approximate surface area is 545 Å². The molecule has 7 N–H and O–H groups in total. The average Bonchev–Trinajstić information content (AvgIpc) is 1.58. The van der Waals surface area contributed by atoms with Crippen LogP contribution in [0.2, 0.25) is 0 Å². The second-order valence-electron chi connectivity index (χ2n) is 22.7. The predicted molar refractivity (Wildman–Crippen MR) is 339 cm³/mol. The van der Waals surface area contributed by atoms with Gasteiger partial charge in [0.15, 0.2) is 5.71 Å². The van der Waals surface area contributed by atoms with Crippen molar-refractivity contribution in [3.8, 4) is 11.8 Å². The highest BCUT2D eigenvalue weighted by Gasteiger charge is 2.51. The van der Waals surface area contributed by atoms with Crippen LogP contribution in [0, 0.1) is 0 Å². The number of fused-ring (bicyclic) bond motifs is 6. The lowest BCUT2D eigenvalue weighted by Gasteiger charge is -2.35. The van der Waals surface area contributed by atoms with Crippen LogP contribution < -0.4 is 31.0 Å². The van der Waals surface area contributed by atoms with E-state index in [9.17, 15) is 79.9 Å². The molecule has 0 aliphatic carbocycles.